The highest BCUT2D eigenvalue weighted by molar-refractivity contribution is 6.07. The average molecular weight is 1060 g/mol. The van der Waals surface area contributed by atoms with Crippen LogP contribution in [0.1, 0.15) is 55.8 Å². The van der Waals surface area contributed by atoms with Crippen LogP contribution in [0.3, 0.4) is 0 Å². The molecular weight excluding hydrogens is 1000 g/mol. The first-order chi connectivity index (χ1) is 38.0. The van der Waals surface area contributed by atoms with Crippen LogP contribution in [0.25, 0.3) is 11.1 Å². The van der Waals surface area contributed by atoms with Crippen molar-refractivity contribution in [3.63, 3.8) is 0 Å². The average Bonchev–Trinajstić information content (AvgIpc) is 3.94. The summed E-state index contributed by atoms with van der Waals surface area (Å²) in [4.78, 5) is 63.6. The topological polar surface area (TPSA) is 174 Å². The first-order valence-electron chi connectivity index (χ1n) is 25.3. The van der Waals surface area contributed by atoms with E-state index < -0.39 is 36.7 Å². The number of nitrogens with zero attached hydrogens (tertiary/aromatic N) is 4. The SMILES string of the molecule is C=CCOC(=O)N1c2cc(OCc3cccc(COc4cc5c(cc4OC)C(=O)N4CCC(c6ccc(OC)cc6)=C[C@H]4C(OC)N5C(=O)OCC=C)c3)c(OC)cc2C(=O)N2CCC(c3ccc(OC)cc3)=C[C@H]2C1OC. The van der Waals surface area contributed by atoms with Gasteiger partial charge in [0.2, 0.25) is 0 Å². The fourth-order valence-corrected chi connectivity index (χ4v) is 10.3. The van der Waals surface area contributed by atoms with E-state index in [2.05, 4.69) is 13.2 Å². The monoisotopic (exact) mass is 1060 g/mol. The molecule has 5 aromatic rings. The van der Waals surface area contributed by atoms with Crippen molar-refractivity contribution in [3.05, 3.63) is 168 Å². The van der Waals surface area contributed by atoms with Crippen molar-refractivity contribution >= 4 is 46.5 Å². The number of carbonyl (C=O) groups excluding carboxylic acids is 4. The fourth-order valence-electron chi connectivity index (χ4n) is 10.3. The predicted molar refractivity (Wildman–Crippen MR) is 292 cm³/mol. The number of anilines is 2. The highest BCUT2D eigenvalue weighted by Crippen LogP contribution is 2.45. The van der Waals surface area contributed by atoms with Crippen LogP contribution in [0, 0.1) is 0 Å². The summed E-state index contributed by atoms with van der Waals surface area (Å²) in [6.07, 6.45) is 4.42. The van der Waals surface area contributed by atoms with Gasteiger partial charge >= 0.3 is 12.2 Å². The Labute approximate surface area is 453 Å². The second kappa shape index (κ2) is 24.1. The van der Waals surface area contributed by atoms with Crippen molar-refractivity contribution < 1.29 is 66.5 Å². The first kappa shape index (κ1) is 54.1. The quantitative estimate of drug-likeness (QED) is 0.0759. The normalized spacial score (nSPS) is 18.5. The van der Waals surface area contributed by atoms with Crippen LogP contribution in [0.15, 0.2) is 135 Å². The molecule has 0 N–H and O–H groups in total. The molecule has 0 fully saturated rings. The zero-order chi connectivity index (χ0) is 55.0. The Morgan fingerprint density at radius 1 is 0.538 bits per heavy atom. The van der Waals surface area contributed by atoms with Crippen molar-refractivity contribution in [3.8, 4) is 34.5 Å². The molecule has 4 atom stereocenters. The maximum atomic E-state index is 14.6. The number of fused-ring (bicyclic) bond motifs is 4. The third kappa shape index (κ3) is 10.8. The lowest BCUT2D eigenvalue weighted by Gasteiger charge is -2.39. The van der Waals surface area contributed by atoms with Crippen molar-refractivity contribution in [2.24, 2.45) is 0 Å². The van der Waals surface area contributed by atoms with Gasteiger partial charge < -0.3 is 57.2 Å². The number of amides is 4. The predicted octanol–water partition coefficient (Wildman–Crippen LogP) is 9.71. The van der Waals surface area contributed by atoms with Gasteiger partial charge in [0.1, 0.15) is 37.9 Å². The van der Waals surface area contributed by atoms with Crippen molar-refractivity contribution in [1.29, 1.82) is 0 Å². The molecule has 0 spiro atoms. The summed E-state index contributed by atoms with van der Waals surface area (Å²) in [5.74, 6) is 1.78. The maximum absolute atomic E-state index is 14.6. The Hall–Kier alpha value is -8.74. The maximum Gasteiger partial charge on any atom is 0.416 e. The summed E-state index contributed by atoms with van der Waals surface area (Å²) < 4.78 is 58.8. The number of benzene rings is 5. The zero-order valence-corrected chi connectivity index (χ0v) is 44.4. The van der Waals surface area contributed by atoms with Crippen LogP contribution in [-0.4, -0.2) is 127 Å². The minimum absolute atomic E-state index is 0.0328. The number of rotatable bonds is 18. The molecule has 9 rings (SSSR count). The van der Waals surface area contributed by atoms with Gasteiger partial charge in [-0.05, 0) is 88.7 Å². The highest BCUT2D eigenvalue weighted by atomic mass is 16.6. The van der Waals surface area contributed by atoms with Gasteiger partial charge in [0.25, 0.3) is 11.8 Å². The first-order valence-corrected chi connectivity index (χ1v) is 25.3. The fraction of sp³-hybridized carbons (Fsp3) is 0.300. The molecule has 4 aliphatic rings. The van der Waals surface area contributed by atoms with E-state index in [4.69, 9.17) is 47.4 Å². The molecule has 2 unspecified atom stereocenters. The van der Waals surface area contributed by atoms with Crippen LogP contribution >= 0.6 is 0 Å². The van der Waals surface area contributed by atoms with Gasteiger partial charge in [-0.25, -0.2) is 19.4 Å². The van der Waals surface area contributed by atoms with Crippen molar-refractivity contribution in [1.82, 2.24) is 9.80 Å². The van der Waals surface area contributed by atoms with E-state index in [-0.39, 0.29) is 83.7 Å². The molecule has 0 aliphatic carbocycles. The number of ether oxygens (including phenoxy) is 10. The van der Waals surface area contributed by atoms with E-state index >= 15 is 0 Å². The molecule has 5 aromatic carbocycles. The number of carbonyl (C=O) groups is 4. The Morgan fingerprint density at radius 3 is 1.31 bits per heavy atom. The molecule has 0 saturated heterocycles. The third-order valence-corrected chi connectivity index (χ3v) is 14.1. The minimum Gasteiger partial charge on any atom is -0.497 e. The smallest absolute Gasteiger partial charge is 0.416 e. The summed E-state index contributed by atoms with van der Waals surface area (Å²) in [6, 6.07) is 27.8. The van der Waals surface area contributed by atoms with Crippen LogP contribution in [-0.2, 0) is 32.2 Å². The van der Waals surface area contributed by atoms with Crippen molar-refractivity contribution in [2.75, 3.05) is 78.8 Å². The van der Waals surface area contributed by atoms with Gasteiger partial charge in [-0.15, -0.1) is 0 Å². The van der Waals surface area contributed by atoms with Crippen LogP contribution < -0.4 is 38.2 Å². The van der Waals surface area contributed by atoms with Gasteiger partial charge in [-0.2, -0.15) is 0 Å². The summed E-state index contributed by atoms with van der Waals surface area (Å²) in [5.41, 5.74) is 6.14. The van der Waals surface area contributed by atoms with Crippen LogP contribution in [0.5, 0.6) is 34.5 Å². The number of methoxy groups -OCH3 is 6. The Balaban J connectivity index is 0.986. The van der Waals surface area contributed by atoms with Gasteiger partial charge in [0, 0.05) is 39.4 Å². The van der Waals surface area contributed by atoms with Crippen LogP contribution in [0.2, 0.25) is 0 Å². The number of hydrogen-bond donors (Lipinski definition) is 0. The van der Waals surface area contributed by atoms with Gasteiger partial charge in [-0.1, -0.05) is 79.9 Å². The molecule has 4 amide bonds. The minimum atomic E-state index is -1.01. The molecule has 4 aliphatic heterocycles. The molecule has 0 aromatic heterocycles. The Morgan fingerprint density at radius 2 is 0.949 bits per heavy atom. The molecule has 4 heterocycles. The van der Waals surface area contributed by atoms with E-state index in [1.807, 2.05) is 84.9 Å². The summed E-state index contributed by atoms with van der Waals surface area (Å²) in [7, 11) is 9.13. The standard InChI is InChI=1S/C60H62N4O14/c1-9-26-75-59(67)63-47-33-53(51(71-5)31-45(47)55(65)61-24-22-41(29-49(61)57(63)73-7)39-14-18-43(69-3)19-15-39)77-35-37-12-11-13-38(28-37)36-78-54-34-48-46(32-52(54)72-6)56(66)62-25-23-42(40-16-20-44(70-4)21-17-40)30-50(62)58(74-8)64(48)60(68)76-27-10-2/h9-21,28-34,49-50,57-58H,1-2,22-27,35-36H2,3-8H3/t49-,50-,57?,58?/m0/s1. The van der Waals surface area contributed by atoms with E-state index in [0.717, 1.165) is 33.4 Å². The second-order valence-electron chi connectivity index (χ2n) is 18.5. The lowest BCUT2D eigenvalue weighted by molar-refractivity contribution is 0.0274. The summed E-state index contributed by atoms with van der Waals surface area (Å²) in [6.45, 7) is 8.01. The number of hydrogen-bond acceptors (Lipinski definition) is 14. The molecule has 0 bridgehead atoms. The summed E-state index contributed by atoms with van der Waals surface area (Å²) >= 11 is 0. The Bertz CT molecular complexity index is 2930. The molecule has 18 nitrogen and oxygen atoms in total. The lowest BCUT2D eigenvalue weighted by Crippen LogP contribution is -2.55. The summed E-state index contributed by atoms with van der Waals surface area (Å²) in [5, 5.41) is 0. The lowest BCUT2D eigenvalue weighted by atomic mass is 9.94. The van der Waals surface area contributed by atoms with Crippen molar-refractivity contribution in [2.45, 2.75) is 50.6 Å². The molecule has 0 saturated carbocycles. The van der Waals surface area contributed by atoms with E-state index in [9.17, 15) is 19.2 Å². The van der Waals surface area contributed by atoms with Gasteiger partial charge in [0.05, 0.1) is 63.0 Å². The van der Waals surface area contributed by atoms with Crippen LogP contribution in [0.4, 0.5) is 21.0 Å². The highest BCUT2D eigenvalue weighted by Gasteiger charge is 2.47. The molecule has 18 heteroatoms. The molecule has 78 heavy (non-hydrogen) atoms. The van der Waals surface area contributed by atoms with E-state index in [1.165, 1.54) is 50.4 Å². The van der Waals surface area contributed by atoms with E-state index in [1.54, 1.807) is 48.3 Å². The van der Waals surface area contributed by atoms with Gasteiger partial charge in [-0.3, -0.25) is 9.59 Å². The van der Waals surface area contributed by atoms with E-state index in [0.29, 0.717) is 37.4 Å². The molecule has 406 valence electrons. The third-order valence-electron chi connectivity index (χ3n) is 14.1. The largest absolute Gasteiger partial charge is 0.497 e. The molecule has 0 radical (unpaired) electrons. The second-order valence-corrected chi connectivity index (χ2v) is 18.5. The van der Waals surface area contributed by atoms with Gasteiger partial charge in [0.15, 0.2) is 35.5 Å². The zero-order valence-electron chi connectivity index (χ0n) is 44.4. The molecular formula is C60H62N4O14. The Kier molecular flexibility index (Phi) is 16.7.